The van der Waals surface area contributed by atoms with Crippen molar-refractivity contribution in [3.05, 3.63) is 42.2 Å². The third-order valence-electron chi connectivity index (χ3n) is 2.04. The molecule has 0 amide bonds. The summed E-state index contributed by atoms with van der Waals surface area (Å²) in [6.45, 7) is 3.91. The van der Waals surface area contributed by atoms with Gasteiger partial charge in [-0.1, -0.05) is 31.0 Å². The van der Waals surface area contributed by atoms with Crippen LogP contribution in [0.1, 0.15) is 25.3 Å². The SMILES string of the molecule is CCCC=COS(=O)(=O)c1ccc(C)cc1. The van der Waals surface area contributed by atoms with Gasteiger partial charge < -0.3 is 4.18 Å². The molecule has 88 valence electrons. The van der Waals surface area contributed by atoms with Gasteiger partial charge in [0.1, 0.15) is 11.2 Å². The van der Waals surface area contributed by atoms with Gasteiger partial charge in [0.15, 0.2) is 0 Å². The molecular weight excluding hydrogens is 224 g/mol. The van der Waals surface area contributed by atoms with Crippen molar-refractivity contribution >= 4 is 10.1 Å². The number of hydrogen-bond donors (Lipinski definition) is 0. The molecule has 0 fully saturated rings. The molecule has 3 nitrogen and oxygen atoms in total. The Bertz CT molecular complexity index is 444. The van der Waals surface area contributed by atoms with Gasteiger partial charge in [-0.25, -0.2) is 0 Å². The number of rotatable bonds is 5. The largest absolute Gasteiger partial charge is 0.387 e. The quantitative estimate of drug-likeness (QED) is 0.587. The monoisotopic (exact) mass is 240 g/mol. The summed E-state index contributed by atoms with van der Waals surface area (Å²) in [5.41, 5.74) is 1.01. The molecule has 16 heavy (non-hydrogen) atoms. The van der Waals surface area contributed by atoms with E-state index < -0.39 is 10.1 Å². The van der Waals surface area contributed by atoms with Crippen molar-refractivity contribution in [3.8, 4) is 0 Å². The Morgan fingerprint density at radius 2 is 1.88 bits per heavy atom. The van der Waals surface area contributed by atoms with E-state index in [2.05, 4.69) is 0 Å². The third kappa shape index (κ3) is 3.70. The second kappa shape index (κ2) is 5.70. The van der Waals surface area contributed by atoms with Crippen molar-refractivity contribution in [2.75, 3.05) is 0 Å². The molecule has 0 atom stereocenters. The van der Waals surface area contributed by atoms with Crippen LogP contribution >= 0.6 is 0 Å². The predicted molar refractivity (Wildman–Crippen MR) is 63.5 cm³/mol. The van der Waals surface area contributed by atoms with Gasteiger partial charge in [0.25, 0.3) is 0 Å². The molecule has 1 aromatic rings. The zero-order valence-electron chi connectivity index (χ0n) is 9.51. The fourth-order valence-electron chi connectivity index (χ4n) is 1.11. The lowest BCUT2D eigenvalue weighted by Crippen LogP contribution is -2.01. The second-order valence-corrected chi connectivity index (χ2v) is 5.10. The smallest absolute Gasteiger partial charge is 0.338 e. The standard InChI is InChI=1S/C12H16O3S/c1-3-4-5-10-15-16(13,14)12-8-6-11(2)7-9-12/h5-10H,3-4H2,1-2H3. The molecule has 1 aromatic carbocycles. The van der Waals surface area contributed by atoms with Crippen LogP contribution in [-0.4, -0.2) is 8.42 Å². The van der Waals surface area contributed by atoms with Gasteiger partial charge in [0, 0.05) is 0 Å². The molecule has 0 saturated heterocycles. The summed E-state index contributed by atoms with van der Waals surface area (Å²) in [7, 11) is -3.64. The number of allylic oxidation sites excluding steroid dienone is 1. The molecule has 0 radical (unpaired) electrons. The minimum Gasteiger partial charge on any atom is -0.387 e. The lowest BCUT2D eigenvalue weighted by atomic mass is 10.2. The van der Waals surface area contributed by atoms with Gasteiger partial charge in [0.05, 0.1) is 0 Å². The lowest BCUT2D eigenvalue weighted by Gasteiger charge is -2.02. The average Bonchev–Trinajstić information content (AvgIpc) is 2.25. The Balaban J connectivity index is 2.74. The highest BCUT2D eigenvalue weighted by molar-refractivity contribution is 7.86. The maximum atomic E-state index is 11.6. The van der Waals surface area contributed by atoms with Gasteiger partial charge >= 0.3 is 10.1 Å². The average molecular weight is 240 g/mol. The fourth-order valence-corrected chi connectivity index (χ4v) is 1.91. The molecule has 0 unspecified atom stereocenters. The minimum absolute atomic E-state index is 0.180. The van der Waals surface area contributed by atoms with Gasteiger partial charge in [0.2, 0.25) is 0 Å². The Labute approximate surface area is 96.9 Å². The maximum absolute atomic E-state index is 11.6. The van der Waals surface area contributed by atoms with Crippen LogP contribution in [0.4, 0.5) is 0 Å². The first-order valence-electron chi connectivity index (χ1n) is 5.21. The fraction of sp³-hybridized carbons (Fsp3) is 0.333. The number of aryl methyl sites for hydroxylation is 1. The highest BCUT2D eigenvalue weighted by Gasteiger charge is 2.12. The summed E-state index contributed by atoms with van der Waals surface area (Å²) in [5.74, 6) is 0. The summed E-state index contributed by atoms with van der Waals surface area (Å²) < 4.78 is 28.0. The molecule has 0 aliphatic heterocycles. The highest BCUT2D eigenvalue weighted by Crippen LogP contribution is 2.13. The minimum atomic E-state index is -3.64. The number of benzene rings is 1. The van der Waals surface area contributed by atoms with E-state index in [-0.39, 0.29) is 4.90 Å². The van der Waals surface area contributed by atoms with E-state index in [0.29, 0.717) is 0 Å². The zero-order valence-corrected chi connectivity index (χ0v) is 10.3. The van der Waals surface area contributed by atoms with Crippen molar-refractivity contribution in [2.45, 2.75) is 31.6 Å². The van der Waals surface area contributed by atoms with Crippen LogP contribution in [0.2, 0.25) is 0 Å². The van der Waals surface area contributed by atoms with E-state index in [9.17, 15) is 8.42 Å². The topological polar surface area (TPSA) is 43.4 Å². The predicted octanol–water partition coefficient (Wildman–Crippen LogP) is 3.01. The van der Waals surface area contributed by atoms with Crippen LogP contribution in [0.25, 0.3) is 0 Å². The van der Waals surface area contributed by atoms with Crippen molar-refractivity contribution in [2.24, 2.45) is 0 Å². The summed E-state index contributed by atoms with van der Waals surface area (Å²) in [6.07, 6.45) is 4.71. The Hall–Kier alpha value is -1.29. The van der Waals surface area contributed by atoms with Gasteiger partial charge in [-0.3, -0.25) is 0 Å². The normalized spacial score (nSPS) is 11.9. The Morgan fingerprint density at radius 1 is 1.25 bits per heavy atom. The molecule has 0 aliphatic rings. The van der Waals surface area contributed by atoms with Crippen LogP contribution in [-0.2, 0) is 14.3 Å². The summed E-state index contributed by atoms with van der Waals surface area (Å²) >= 11 is 0. The summed E-state index contributed by atoms with van der Waals surface area (Å²) in [4.78, 5) is 0.180. The zero-order chi connectivity index (χ0) is 12.0. The molecule has 0 aromatic heterocycles. The lowest BCUT2D eigenvalue weighted by molar-refractivity contribution is 0.442. The van der Waals surface area contributed by atoms with Crippen LogP contribution in [0.3, 0.4) is 0 Å². The molecule has 0 saturated carbocycles. The van der Waals surface area contributed by atoms with Gasteiger partial charge in [-0.2, -0.15) is 8.42 Å². The highest BCUT2D eigenvalue weighted by atomic mass is 32.2. The Kier molecular flexibility index (Phi) is 4.55. The molecule has 0 heterocycles. The van der Waals surface area contributed by atoms with Crippen LogP contribution < -0.4 is 0 Å². The first-order chi connectivity index (χ1) is 7.56. The van der Waals surface area contributed by atoms with Gasteiger partial charge in [-0.15, -0.1) is 0 Å². The van der Waals surface area contributed by atoms with E-state index in [0.717, 1.165) is 18.4 Å². The molecule has 0 N–H and O–H groups in total. The second-order valence-electron chi connectivity index (χ2n) is 3.52. The molecular formula is C12H16O3S. The van der Waals surface area contributed by atoms with E-state index in [1.807, 2.05) is 13.8 Å². The molecule has 0 aliphatic carbocycles. The third-order valence-corrected chi connectivity index (χ3v) is 3.26. The summed E-state index contributed by atoms with van der Waals surface area (Å²) in [5, 5.41) is 0. The number of hydrogen-bond acceptors (Lipinski definition) is 3. The molecule has 0 spiro atoms. The van der Waals surface area contributed by atoms with Crippen molar-refractivity contribution in [1.29, 1.82) is 0 Å². The van der Waals surface area contributed by atoms with Crippen LogP contribution in [0.5, 0.6) is 0 Å². The van der Waals surface area contributed by atoms with Crippen LogP contribution in [0, 0.1) is 6.92 Å². The first-order valence-corrected chi connectivity index (χ1v) is 6.62. The van der Waals surface area contributed by atoms with Crippen molar-refractivity contribution in [1.82, 2.24) is 0 Å². The van der Waals surface area contributed by atoms with E-state index in [4.69, 9.17) is 4.18 Å². The van der Waals surface area contributed by atoms with E-state index >= 15 is 0 Å². The molecule has 0 bridgehead atoms. The van der Waals surface area contributed by atoms with Gasteiger partial charge in [-0.05, 0) is 31.6 Å². The first kappa shape index (κ1) is 12.8. The molecule has 1 rings (SSSR count). The molecule has 4 heteroatoms. The van der Waals surface area contributed by atoms with Crippen molar-refractivity contribution < 1.29 is 12.6 Å². The van der Waals surface area contributed by atoms with E-state index in [1.165, 1.54) is 6.26 Å². The maximum Gasteiger partial charge on any atom is 0.338 e. The summed E-state index contributed by atoms with van der Waals surface area (Å²) in [6, 6.07) is 6.56. The Morgan fingerprint density at radius 3 is 2.44 bits per heavy atom. The van der Waals surface area contributed by atoms with Crippen molar-refractivity contribution in [3.63, 3.8) is 0 Å². The number of unbranched alkanes of at least 4 members (excludes halogenated alkanes) is 1. The van der Waals surface area contributed by atoms with Crippen LogP contribution in [0.15, 0.2) is 41.5 Å². The van der Waals surface area contributed by atoms with E-state index in [1.54, 1.807) is 30.3 Å².